The first-order valence-corrected chi connectivity index (χ1v) is 6.78. The van der Waals surface area contributed by atoms with Crippen molar-refractivity contribution in [3.63, 3.8) is 0 Å². The van der Waals surface area contributed by atoms with Crippen LogP contribution in [-0.4, -0.2) is 40.4 Å². The smallest absolute Gasteiger partial charge is 0.335 e. The Balaban J connectivity index is 2.30. The molecule has 1 fully saturated rings. The minimum Gasteiger partial charge on any atom is -0.478 e. The number of hydrogen-bond acceptors (Lipinski definition) is 4. The Morgan fingerprint density at radius 3 is 2.95 bits per heavy atom. The van der Waals surface area contributed by atoms with Gasteiger partial charge >= 0.3 is 5.97 Å². The molecule has 0 amide bonds. The third kappa shape index (κ3) is 3.36. The Bertz CT molecular complexity index is 465. The number of hydrogen-bond donors (Lipinski definition) is 2. The van der Waals surface area contributed by atoms with Gasteiger partial charge in [-0.1, -0.05) is 11.6 Å². The molecule has 0 bridgehead atoms. The number of rotatable bonds is 4. The molecule has 1 aromatic rings. The zero-order valence-electron chi connectivity index (χ0n) is 10.5. The van der Waals surface area contributed by atoms with Crippen molar-refractivity contribution < 1.29 is 15.0 Å². The van der Waals surface area contributed by atoms with Gasteiger partial charge in [-0.25, -0.2) is 9.78 Å². The Labute approximate surface area is 116 Å². The van der Waals surface area contributed by atoms with E-state index in [4.69, 9.17) is 21.8 Å². The number of halogens is 1. The molecule has 5 nitrogen and oxygen atoms in total. The number of carbonyl (C=O) groups is 1. The standard InChI is InChI=1S/C13H17ClN2O3/c14-11-7-9(13(18)19)8-12(15-11)16-5-2-1-3-10(16)4-6-17/h7-8,10,17H,1-6H2,(H,18,19). The number of carboxylic acid groups (broad SMARTS) is 1. The lowest BCUT2D eigenvalue weighted by atomic mass is 9.99. The summed E-state index contributed by atoms with van der Waals surface area (Å²) in [6.45, 7) is 0.935. The van der Waals surface area contributed by atoms with E-state index in [1.807, 2.05) is 0 Å². The van der Waals surface area contributed by atoms with Gasteiger partial charge in [0.15, 0.2) is 0 Å². The van der Waals surface area contributed by atoms with Gasteiger partial charge in [0.05, 0.1) is 5.56 Å². The minimum atomic E-state index is -1.01. The summed E-state index contributed by atoms with van der Waals surface area (Å²) in [5.74, 6) is -0.427. The number of aliphatic hydroxyl groups excluding tert-OH is 1. The second-order valence-electron chi connectivity index (χ2n) is 4.70. The van der Waals surface area contributed by atoms with Crippen LogP contribution in [0.3, 0.4) is 0 Å². The topological polar surface area (TPSA) is 73.7 Å². The fourth-order valence-corrected chi connectivity index (χ4v) is 2.71. The molecule has 0 aromatic carbocycles. The van der Waals surface area contributed by atoms with E-state index in [2.05, 4.69) is 9.88 Å². The quantitative estimate of drug-likeness (QED) is 0.829. The van der Waals surface area contributed by atoms with E-state index in [-0.39, 0.29) is 23.4 Å². The predicted octanol–water partition coefficient (Wildman–Crippen LogP) is 2.17. The molecule has 2 heterocycles. The highest BCUT2D eigenvalue weighted by atomic mass is 35.5. The van der Waals surface area contributed by atoms with E-state index in [1.165, 1.54) is 6.07 Å². The van der Waals surface area contributed by atoms with Gasteiger partial charge in [-0.05, 0) is 37.8 Å². The number of aromatic nitrogens is 1. The first-order valence-electron chi connectivity index (χ1n) is 6.40. The van der Waals surface area contributed by atoms with E-state index in [9.17, 15) is 4.79 Å². The van der Waals surface area contributed by atoms with Gasteiger partial charge < -0.3 is 15.1 Å². The van der Waals surface area contributed by atoms with Crippen LogP contribution < -0.4 is 4.90 Å². The maximum atomic E-state index is 11.1. The van der Waals surface area contributed by atoms with Crippen LogP contribution in [0.15, 0.2) is 12.1 Å². The van der Waals surface area contributed by atoms with Crippen LogP contribution in [0.5, 0.6) is 0 Å². The highest BCUT2D eigenvalue weighted by Crippen LogP contribution is 2.27. The van der Waals surface area contributed by atoms with Crippen molar-refractivity contribution in [2.75, 3.05) is 18.1 Å². The number of piperidine rings is 1. The summed E-state index contributed by atoms with van der Waals surface area (Å²) in [7, 11) is 0. The monoisotopic (exact) mass is 284 g/mol. The Kier molecular flexibility index (Phi) is 4.61. The van der Waals surface area contributed by atoms with Crippen molar-refractivity contribution in [3.8, 4) is 0 Å². The third-order valence-corrected chi connectivity index (χ3v) is 3.60. The van der Waals surface area contributed by atoms with Gasteiger partial charge in [-0.3, -0.25) is 0 Å². The number of aliphatic hydroxyl groups is 1. The maximum Gasteiger partial charge on any atom is 0.335 e. The van der Waals surface area contributed by atoms with Gasteiger partial charge in [-0.2, -0.15) is 0 Å². The van der Waals surface area contributed by atoms with Crippen LogP contribution in [0.4, 0.5) is 5.82 Å². The molecular formula is C13H17ClN2O3. The van der Waals surface area contributed by atoms with Crippen LogP contribution in [0.25, 0.3) is 0 Å². The SMILES string of the molecule is O=C(O)c1cc(Cl)nc(N2CCCCC2CCO)c1. The number of pyridine rings is 1. The molecule has 2 rings (SSSR count). The molecule has 19 heavy (non-hydrogen) atoms. The molecule has 2 N–H and O–H groups in total. The molecule has 1 saturated heterocycles. The lowest BCUT2D eigenvalue weighted by molar-refractivity contribution is 0.0696. The van der Waals surface area contributed by atoms with Crippen molar-refractivity contribution in [2.45, 2.75) is 31.7 Å². The second kappa shape index (κ2) is 6.21. The highest BCUT2D eigenvalue weighted by Gasteiger charge is 2.24. The molecule has 0 spiro atoms. The molecule has 1 aliphatic heterocycles. The predicted molar refractivity (Wildman–Crippen MR) is 72.9 cm³/mol. The lowest BCUT2D eigenvalue weighted by Gasteiger charge is -2.36. The molecule has 0 radical (unpaired) electrons. The Morgan fingerprint density at radius 1 is 1.47 bits per heavy atom. The molecule has 1 atom stereocenters. The van der Waals surface area contributed by atoms with Crippen LogP contribution in [0.1, 0.15) is 36.0 Å². The minimum absolute atomic E-state index is 0.119. The summed E-state index contributed by atoms with van der Waals surface area (Å²) in [4.78, 5) is 17.3. The molecule has 104 valence electrons. The van der Waals surface area contributed by atoms with Gasteiger partial charge in [-0.15, -0.1) is 0 Å². The van der Waals surface area contributed by atoms with Crippen molar-refractivity contribution in [1.29, 1.82) is 0 Å². The average molecular weight is 285 g/mol. The van der Waals surface area contributed by atoms with Crippen molar-refractivity contribution in [2.24, 2.45) is 0 Å². The zero-order chi connectivity index (χ0) is 13.8. The van der Waals surface area contributed by atoms with E-state index >= 15 is 0 Å². The largest absolute Gasteiger partial charge is 0.478 e. The van der Waals surface area contributed by atoms with E-state index in [1.54, 1.807) is 6.07 Å². The average Bonchev–Trinajstić information content (AvgIpc) is 2.39. The maximum absolute atomic E-state index is 11.1. The van der Waals surface area contributed by atoms with Gasteiger partial charge in [0.1, 0.15) is 11.0 Å². The first-order chi connectivity index (χ1) is 9.11. The van der Waals surface area contributed by atoms with Crippen LogP contribution >= 0.6 is 11.6 Å². The molecule has 1 aliphatic rings. The fourth-order valence-electron chi connectivity index (χ4n) is 2.50. The summed E-state index contributed by atoms with van der Waals surface area (Å²) in [5.41, 5.74) is 0.142. The van der Waals surface area contributed by atoms with Crippen molar-refractivity contribution >= 4 is 23.4 Å². The molecule has 6 heteroatoms. The summed E-state index contributed by atoms with van der Waals surface area (Å²) in [6.07, 6.45) is 3.81. The third-order valence-electron chi connectivity index (χ3n) is 3.41. The molecular weight excluding hydrogens is 268 g/mol. The van der Waals surface area contributed by atoms with Crippen LogP contribution in [0, 0.1) is 0 Å². The normalized spacial score (nSPS) is 19.5. The van der Waals surface area contributed by atoms with Gasteiger partial charge in [0.2, 0.25) is 0 Å². The second-order valence-corrected chi connectivity index (χ2v) is 5.08. The molecule has 0 aliphatic carbocycles. The lowest BCUT2D eigenvalue weighted by Crippen LogP contribution is -2.40. The summed E-state index contributed by atoms with van der Waals surface area (Å²) >= 11 is 5.89. The number of carboxylic acids is 1. The summed E-state index contributed by atoms with van der Waals surface area (Å²) in [6, 6.07) is 3.09. The number of nitrogens with zero attached hydrogens (tertiary/aromatic N) is 2. The molecule has 1 aromatic heterocycles. The van der Waals surface area contributed by atoms with Crippen LogP contribution in [0.2, 0.25) is 5.15 Å². The van der Waals surface area contributed by atoms with Crippen molar-refractivity contribution in [1.82, 2.24) is 4.98 Å². The zero-order valence-corrected chi connectivity index (χ0v) is 11.3. The Hall–Kier alpha value is -1.33. The van der Waals surface area contributed by atoms with Gasteiger partial charge in [0.25, 0.3) is 0 Å². The summed E-state index contributed by atoms with van der Waals surface area (Å²) < 4.78 is 0. The van der Waals surface area contributed by atoms with Crippen LogP contribution in [-0.2, 0) is 0 Å². The fraction of sp³-hybridized carbons (Fsp3) is 0.538. The molecule has 0 saturated carbocycles. The number of aromatic carboxylic acids is 1. The summed E-state index contributed by atoms with van der Waals surface area (Å²) in [5, 5.41) is 18.4. The van der Waals surface area contributed by atoms with E-state index in [0.29, 0.717) is 12.2 Å². The molecule has 1 unspecified atom stereocenters. The number of anilines is 1. The van der Waals surface area contributed by atoms with E-state index in [0.717, 1.165) is 25.8 Å². The van der Waals surface area contributed by atoms with E-state index < -0.39 is 5.97 Å². The Morgan fingerprint density at radius 2 is 2.26 bits per heavy atom. The van der Waals surface area contributed by atoms with Crippen molar-refractivity contribution in [3.05, 3.63) is 22.8 Å². The first kappa shape index (κ1) is 14.1. The van der Waals surface area contributed by atoms with Gasteiger partial charge in [0, 0.05) is 19.2 Å². The highest BCUT2D eigenvalue weighted by molar-refractivity contribution is 6.29.